The van der Waals surface area contributed by atoms with Crippen molar-refractivity contribution in [2.24, 2.45) is 5.92 Å². The Hall–Kier alpha value is -1.63. The number of sulfonamides is 1. The predicted molar refractivity (Wildman–Crippen MR) is 74.7 cm³/mol. The second-order valence-corrected chi connectivity index (χ2v) is 7.01. The molecular weight excluding hydrogens is 280 g/mol. The summed E-state index contributed by atoms with van der Waals surface area (Å²) in [6.45, 7) is 0. The quantitative estimate of drug-likeness (QED) is 0.780. The fourth-order valence-electron chi connectivity index (χ4n) is 2.59. The van der Waals surface area contributed by atoms with Crippen LogP contribution in [0.25, 0.3) is 0 Å². The van der Waals surface area contributed by atoms with Crippen LogP contribution in [0.15, 0.2) is 24.5 Å². The van der Waals surface area contributed by atoms with Crippen LogP contribution in [0.5, 0.6) is 0 Å². The maximum atomic E-state index is 12.7. The van der Waals surface area contributed by atoms with Gasteiger partial charge in [-0.25, -0.2) is 8.42 Å². The van der Waals surface area contributed by atoms with Gasteiger partial charge in [0.2, 0.25) is 10.0 Å². The van der Waals surface area contributed by atoms with E-state index in [9.17, 15) is 13.2 Å². The highest BCUT2D eigenvalue weighted by atomic mass is 32.2. The van der Waals surface area contributed by atoms with Gasteiger partial charge >= 0.3 is 5.97 Å². The van der Waals surface area contributed by atoms with Crippen LogP contribution in [-0.2, 0) is 19.6 Å². The van der Waals surface area contributed by atoms with Gasteiger partial charge in [-0.2, -0.15) is 0 Å². The molecule has 1 heterocycles. The van der Waals surface area contributed by atoms with E-state index in [1.807, 2.05) is 0 Å². The van der Waals surface area contributed by atoms with Crippen LogP contribution in [0.1, 0.15) is 19.3 Å². The zero-order chi connectivity index (χ0) is 14.8. The number of pyridine rings is 1. The first kappa shape index (κ1) is 14.8. The number of hydrogen-bond donors (Lipinski definition) is 0. The number of methoxy groups -OCH3 is 1. The largest absolute Gasteiger partial charge is 0.469 e. The van der Waals surface area contributed by atoms with Crippen LogP contribution in [0.2, 0.25) is 0 Å². The van der Waals surface area contributed by atoms with E-state index in [1.54, 1.807) is 18.3 Å². The van der Waals surface area contributed by atoms with Gasteiger partial charge in [0.25, 0.3) is 0 Å². The summed E-state index contributed by atoms with van der Waals surface area (Å²) in [6.07, 6.45) is 4.81. The molecule has 1 aliphatic rings. The van der Waals surface area contributed by atoms with Crippen molar-refractivity contribution in [2.75, 3.05) is 18.5 Å². The zero-order valence-corrected chi connectivity index (χ0v) is 12.3. The third kappa shape index (κ3) is 2.63. The molecule has 0 radical (unpaired) electrons. The first-order valence-corrected chi connectivity index (χ1v) is 7.94. The van der Waals surface area contributed by atoms with Gasteiger partial charge in [-0.1, -0.05) is 6.42 Å². The minimum Gasteiger partial charge on any atom is -0.469 e. The highest BCUT2D eigenvalue weighted by Gasteiger charge is 2.44. The summed E-state index contributed by atoms with van der Waals surface area (Å²) in [5.41, 5.74) is 0.489. The van der Waals surface area contributed by atoms with Gasteiger partial charge in [0.05, 0.1) is 30.2 Å². The van der Waals surface area contributed by atoms with Crippen LogP contribution < -0.4 is 4.31 Å². The van der Waals surface area contributed by atoms with Gasteiger partial charge in [0.1, 0.15) is 0 Å². The van der Waals surface area contributed by atoms with Crippen LogP contribution in [0.4, 0.5) is 5.69 Å². The summed E-state index contributed by atoms with van der Waals surface area (Å²) in [4.78, 5) is 15.6. The summed E-state index contributed by atoms with van der Waals surface area (Å²) < 4.78 is 31.2. The van der Waals surface area contributed by atoms with Crippen molar-refractivity contribution < 1.29 is 17.9 Å². The van der Waals surface area contributed by atoms with Crippen molar-refractivity contribution in [3.63, 3.8) is 0 Å². The van der Waals surface area contributed by atoms with Gasteiger partial charge in [0.15, 0.2) is 0 Å². The van der Waals surface area contributed by atoms with Crippen molar-refractivity contribution in [3.05, 3.63) is 24.5 Å². The lowest BCUT2D eigenvalue weighted by atomic mass is 10.1. The van der Waals surface area contributed by atoms with Crippen molar-refractivity contribution in [2.45, 2.75) is 24.5 Å². The second-order valence-electron chi connectivity index (χ2n) is 4.82. The molecule has 0 aromatic carbocycles. The Kier molecular flexibility index (Phi) is 4.27. The lowest BCUT2D eigenvalue weighted by Crippen LogP contribution is -2.40. The first-order chi connectivity index (χ1) is 9.48. The van der Waals surface area contributed by atoms with Gasteiger partial charge in [-0.05, 0) is 25.0 Å². The molecule has 2 atom stereocenters. The Labute approximate surface area is 118 Å². The van der Waals surface area contributed by atoms with E-state index in [2.05, 4.69) is 4.98 Å². The molecule has 0 bridgehead atoms. The zero-order valence-electron chi connectivity index (χ0n) is 11.5. The second kappa shape index (κ2) is 5.78. The third-order valence-electron chi connectivity index (χ3n) is 3.73. The van der Waals surface area contributed by atoms with Gasteiger partial charge in [-0.3, -0.25) is 14.1 Å². The van der Waals surface area contributed by atoms with E-state index in [1.165, 1.54) is 24.7 Å². The fourth-order valence-corrected chi connectivity index (χ4v) is 4.53. The van der Waals surface area contributed by atoms with E-state index in [4.69, 9.17) is 4.74 Å². The molecule has 0 amide bonds. The maximum Gasteiger partial charge on any atom is 0.310 e. The Morgan fingerprint density at radius 2 is 2.20 bits per heavy atom. The topological polar surface area (TPSA) is 76.6 Å². The van der Waals surface area contributed by atoms with Crippen LogP contribution in [0.3, 0.4) is 0 Å². The minimum absolute atomic E-state index is 0.448. The van der Waals surface area contributed by atoms with E-state index in [0.29, 0.717) is 24.9 Å². The van der Waals surface area contributed by atoms with Crippen LogP contribution in [0, 0.1) is 5.92 Å². The summed E-state index contributed by atoms with van der Waals surface area (Å²) in [5.74, 6) is -1.03. The smallest absolute Gasteiger partial charge is 0.310 e. The molecule has 6 nitrogen and oxygen atoms in total. The molecule has 0 spiro atoms. The van der Waals surface area contributed by atoms with Crippen LogP contribution >= 0.6 is 0 Å². The fraction of sp³-hybridized carbons (Fsp3) is 0.538. The maximum absolute atomic E-state index is 12.7. The molecule has 0 N–H and O–H groups in total. The Balaban J connectivity index is 2.28. The van der Waals surface area contributed by atoms with E-state index in [0.717, 1.165) is 0 Å². The number of rotatable bonds is 4. The monoisotopic (exact) mass is 298 g/mol. The molecular formula is C13H18N2O4S. The average molecular weight is 298 g/mol. The molecule has 1 aromatic rings. The number of anilines is 1. The molecule has 0 saturated heterocycles. The number of carbonyl (C=O) groups excluding carboxylic acids is 1. The molecule has 7 heteroatoms. The van der Waals surface area contributed by atoms with E-state index in [-0.39, 0.29) is 0 Å². The molecule has 2 unspecified atom stereocenters. The number of esters is 1. The Bertz CT molecular complexity index is 573. The predicted octanol–water partition coefficient (Wildman–Crippen LogP) is 1.19. The standard InChI is InChI=1S/C13H18N2O4S/c1-15(10-5-4-8-14-9-10)20(17,18)12-7-3-6-11(12)13(16)19-2/h4-5,8-9,11-12H,3,6-7H2,1-2H3. The molecule has 2 rings (SSSR count). The first-order valence-electron chi connectivity index (χ1n) is 6.44. The van der Waals surface area contributed by atoms with E-state index < -0.39 is 27.2 Å². The number of ether oxygens (including phenoxy) is 1. The van der Waals surface area contributed by atoms with Crippen molar-refractivity contribution in [1.29, 1.82) is 0 Å². The Morgan fingerprint density at radius 1 is 1.45 bits per heavy atom. The number of hydrogen-bond acceptors (Lipinski definition) is 5. The summed E-state index contributed by atoms with van der Waals surface area (Å²) in [7, 11) is -0.832. The number of carbonyl (C=O) groups is 1. The molecule has 1 aromatic heterocycles. The highest BCUT2D eigenvalue weighted by molar-refractivity contribution is 7.93. The number of aromatic nitrogens is 1. The van der Waals surface area contributed by atoms with Gasteiger partial charge in [0, 0.05) is 13.2 Å². The van der Waals surface area contributed by atoms with Crippen molar-refractivity contribution in [1.82, 2.24) is 4.98 Å². The highest BCUT2D eigenvalue weighted by Crippen LogP contribution is 2.34. The molecule has 1 saturated carbocycles. The molecule has 1 fully saturated rings. The van der Waals surface area contributed by atoms with Gasteiger partial charge in [-0.15, -0.1) is 0 Å². The molecule has 20 heavy (non-hydrogen) atoms. The normalized spacial score (nSPS) is 22.5. The summed E-state index contributed by atoms with van der Waals surface area (Å²) in [5, 5.41) is -0.722. The van der Waals surface area contributed by atoms with Crippen molar-refractivity contribution in [3.8, 4) is 0 Å². The molecule has 0 aliphatic heterocycles. The molecule has 110 valence electrons. The average Bonchev–Trinajstić information content (AvgIpc) is 2.96. The molecule has 1 aliphatic carbocycles. The van der Waals surface area contributed by atoms with Gasteiger partial charge < -0.3 is 4.74 Å². The number of nitrogens with zero attached hydrogens (tertiary/aromatic N) is 2. The SMILES string of the molecule is COC(=O)C1CCCC1S(=O)(=O)N(C)c1cccnc1. The third-order valence-corrected chi connectivity index (χ3v) is 6.03. The lowest BCUT2D eigenvalue weighted by Gasteiger charge is -2.25. The summed E-state index contributed by atoms with van der Waals surface area (Å²) >= 11 is 0. The minimum atomic E-state index is -3.60. The van der Waals surface area contributed by atoms with Crippen molar-refractivity contribution >= 4 is 21.7 Å². The summed E-state index contributed by atoms with van der Waals surface area (Å²) in [6, 6.07) is 3.35. The Morgan fingerprint density at radius 3 is 2.80 bits per heavy atom. The van der Waals surface area contributed by atoms with E-state index >= 15 is 0 Å². The van der Waals surface area contributed by atoms with Crippen LogP contribution in [-0.4, -0.2) is 38.8 Å². The lowest BCUT2D eigenvalue weighted by molar-refractivity contribution is -0.145.